The van der Waals surface area contributed by atoms with Crippen molar-refractivity contribution in [3.63, 3.8) is 0 Å². The Morgan fingerprint density at radius 3 is 2.50 bits per heavy atom. The number of rotatable bonds is 3. The molecule has 0 aromatic carbocycles. The zero-order valence-electron chi connectivity index (χ0n) is 8.84. The molecule has 0 radical (unpaired) electrons. The molecule has 0 saturated carbocycles. The van der Waals surface area contributed by atoms with E-state index in [0.717, 1.165) is 0 Å². The van der Waals surface area contributed by atoms with Crippen LogP contribution >= 0.6 is 0 Å². The molecule has 3 N–H and O–H groups in total. The predicted octanol–water partition coefficient (Wildman–Crippen LogP) is -5.88. The van der Waals surface area contributed by atoms with Gasteiger partial charge in [-0.15, -0.1) is 0 Å². The summed E-state index contributed by atoms with van der Waals surface area (Å²) >= 11 is 0. The molecular formula is C6H10N3NaO5S. The second kappa shape index (κ2) is 5.43. The maximum Gasteiger partial charge on any atom is 1.00 e. The van der Waals surface area contributed by atoms with Crippen LogP contribution in [0, 0.1) is 0 Å². The van der Waals surface area contributed by atoms with Crippen LogP contribution in [0.1, 0.15) is 6.92 Å². The van der Waals surface area contributed by atoms with E-state index in [4.69, 9.17) is 5.73 Å². The molecule has 1 heterocycles. The molecule has 1 aliphatic heterocycles. The van der Waals surface area contributed by atoms with Crippen molar-refractivity contribution in [1.82, 2.24) is 9.62 Å². The molecule has 1 saturated heterocycles. The number of hydrogen-bond acceptors (Lipinski definition) is 6. The summed E-state index contributed by atoms with van der Waals surface area (Å²) < 4.78 is 31.4. The Labute approximate surface area is 115 Å². The third-order valence-electron chi connectivity index (χ3n) is 1.89. The number of nitrogens with two attached hydrogens (primary N) is 1. The fourth-order valence-corrected chi connectivity index (χ4v) is 1.69. The molecule has 2 atom stereocenters. The third-order valence-corrected chi connectivity index (χ3v) is 2.76. The number of carbonyl (C=O) groups excluding carboxylic acids is 2. The first-order valence-electron chi connectivity index (χ1n) is 4.07. The molecule has 0 aromatic rings. The van der Waals surface area contributed by atoms with Gasteiger partial charge in [0.2, 0.25) is 5.91 Å². The maximum atomic E-state index is 11.1. The molecule has 1 fully saturated rings. The van der Waals surface area contributed by atoms with Crippen LogP contribution in [0.2, 0.25) is 0 Å². The average molecular weight is 259 g/mol. The van der Waals surface area contributed by atoms with Crippen LogP contribution in [-0.4, -0.2) is 47.7 Å². The Morgan fingerprint density at radius 1 is 1.69 bits per heavy atom. The van der Waals surface area contributed by atoms with Crippen molar-refractivity contribution in [2.75, 3.05) is 6.54 Å². The molecule has 0 bridgehead atoms. The van der Waals surface area contributed by atoms with E-state index < -0.39 is 34.2 Å². The van der Waals surface area contributed by atoms with Crippen LogP contribution < -0.4 is 40.6 Å². The summed E-state index contributed by atoms with van der Waals surface area (Å²) in [5, 5.41) is 2.21. The predicted molar refractivity (Wildman–Crippen MR) is 47.0 cm³/mol. The van der Waals surface area contributed by atoms with Crippen LogP contribution in [0.3, 0.4) is 0 Å². The summed E-state index contributed by atoms with van der Waals surface area (Å²) in [4.78, 5) is 22.1. The molecule has 8 nitrogen and oxygen atoms in total. The van der Waals surface area contributed by atoms with Gasteiger partial charge >= 0.3 is 29.6 Å². The molecule has 2 amide bonds. The molecule has 0 aromatic heterocycles. The minimum absolute atomic E-state index is 0. The van der Waals surface area contributed by atoms with Gasteiger partial charge in [-0.3, -0.25) is 9.59 Å². The molecule has 1 aliphatic rings. The van der Waals surface area contributed by atoms with Gasteiger partial charge in [0.15, 0.2) is 10.3 Å². The molecule has 86 valence electrons. The van der Waals surface area contributed by atoms with Crippen LogP contribution in [0.15, 0.2) is 0 Å². The van der Waals surface area contributed by atoms with Crippen molar-refractivity contribution < 1.29 is 52.1 Å². The zero-order chi connectivity index (χ0) is 11.8. The Morgan fingerprint density at radius 2 is 2.19 bits per heavy atom. The molecule has 1 unspecified atom stereocenters. The van der Waals surface area contributed by atoms with E-state index in [9.17, 15) is 22.6 Å². The summed E-state index contributed by atoms with van der Waals surface area (Å²) in [6.45, 7) is 1.09. The number of carbonyl (C=O) groups is 2. The van der Waals surface area contributed by atoms with Crippen molar-refractivity contribution in [3.8, 4) is 0 Å². The van der Waals surface area contributed by atoms with Gasteiger partial charge in [-0.25, -0.2) is 12.7 Å². The Balaban J connectivity index is 0.00000225. The Kier molecular flexibility index (Phi) is 5.36. The van der Waals surface area contributed by atoms with Gasteiger partial charge in [0.25, 0.3) is 5.91 Å². The van der Waals surface area contributed by atoms with Gasteiger partial charge in [-0.2, -0.15) is 0 Å². The van der Waals surface area contributed by atoms with Crippen LogP contribution in [0.25, 0.3) is 0 Å². The first-order chi connectivity index (χ1) is 6.73. The van der Waals surface area contributed by atoms with Gasteiger partial charge in [-0.05, 0) is 6.92 Å². The van der Waals surface area contributed by atoms with Gasteiger partial charge in [-0.1, -0.05) is 0 Å². The van der Waals surface area contributed by atoms with Crippen molar-refractivity contribution in [1.29, 1.82) is 0 Å². The fraction of sp³-hybridized carbons (Fsp3) is 0.667. The van der Waals surface area contributed by atoms with Crippen molar-refractivity contribution in [2.45, 2.75) is 19.0 Å². The normalized spacial score (nSPS) is 21.8. The summed E-state index contributed by atoms with van der Waals surface area (Å²) in [5.41, 5.74) is 5.21. The monoisotopic (exact) mass is 259 g/mol. The van der Waals surface area contributed by atoms with E-state index >= 15 is 0 Å². The Bertz CT molecular complexity index is 395. The summed E-state index contributed by atoms with van der Waals surface area (Å²) in [7, 11) is -4.75. The molecule has 10 heteroatoms. The van der Waals surface area contributed by atoms with Crippen molar-refractivity contribution in [3.05, 3.63) is 0 Å². The number of nitrogens with zero attached hydrogens (tertiary/aromatic N) is 1. The first-order valence-corrected chi connectivity index (χ1v) is 5.43. The van der Waals surface area contributed by atoms with Crippen molar-refractivity contribution >= 4 is 22.1 Å². The van der Waals surface area contributed by atoms with Gasteiger partial charge in [0.1, 0.15) is 6.04 Å². The van der Waals surface area contributed by atoms with E-state index in [1.165, 1.54) is 6.92 Å². The number of hydrogen-bond donors (Lipinski definition) is 2. The fourth-order valence-electron chi connectivity index (χ4n) is 1.01. The van der Waals surface area contributed by atoms with E-state index in [0.29, 0.717) is 0 Å². The largest absolute Gasteiger partial charge is 1.00 e. The van der Waals surface area contributed by atoms with Crippen LogP contribution in [0.5, 0.6) is 0 Å². The minimum atomic E-state index is -4.75. The van der Waals surface area contributed by atoms with Crippen molar-refractivity contribution in [2.24, 2.45) is 5.73 Å². The third kappa shape index (κ3) is 3.40. The molecule has 1 rings (SSSR count). The van der Waals surface area contributed by atoms with Gasteiger partial charge < -0.3 is 15.6 Å². The molecule has 0 aliphatic carbocycles. The molecule has 16 heavy (non-hydrogen) atoms. The van der Waals surface area contributed by atoms with Gasteiger partial charge in [0, 0.05) is 0 Å². The van der Waals surface area contributed by atoms with E-state index in [2.05, 4.69) is 5.32 Å². The maximum absolute atomic E-state index is 11.1. The summed E-state index contributed by atoms with van der Waals surface area (Å²) in [6, 6.07) is -1.76. The number of amides is 2. The Hall–Kier alpha value is -0.190. The van der Waals surface area contributed by atoms with E-state index in [-0.39, 0.29) is 40.4 Å². The first kappa shape index (κ1) is 15.8. The SMILES string of the molecule is C[C@@H](N)C(=O)NC1CN(S(=O)(=O)[O-])C1=O.[Na+]. The standard InChI is InChI=1S/C6H11N3O5S.Na/c1-3(7)5(10)8-4-2-9(6(4)11)15(12,13)14;/h3-4H,2,7H2,1H3,(H,8,10)(H,12,13,14);/q;+1/p-1/t3-,4?;/m1./s1. The average Bonchev–Trinajstić information content (AvgIpc) is 2.07. The number of nitrogens with one attached hydrogen (secondary N) is 1. The topological polar surface area (TPSA) is 133 Å². The van der Waals surface area contributed by atoms with Crippen LogP contribution in [-0.2, 0) is 19.9 Å². The molecular weight excluding hydrogens is 249 g/mol. The minimum Gasteiger partial charge on any atom is -0.731 e. The number of β-lactam (4-membered cyclic amide) rings is 1. The van der Waals surface area contributed by atoms with Gasteiger partial charge in [0.05, 0.1) is 12.6 Å². The van der Waals surface area contributed by atoms with E-state index in [1.807, 2.05) is 0 Å². The zero-order valence-corrected chi connectivity index (χ0v) is 11.7. The van der Waals surface area contributed by atoms with E-state index in [1.54, 1.807) is 0 Å². The molecule has 0 spiro atoms. The summed E-state index contributed by atoms with van der Waals surface area (Å²) in [5.74, 6) is -1.50. The second-order valence-electron chi connectivity index (χ2n) is 3.18. The van der Waals surface area contributed by atoms with Crippen LogP contribution in [0.4, 0.5) is 0 Å². The smallest absolute Gasteiger partial charge is 0.731 e. The summed E-state index contributed by atoms with van der Waals surface area (Å²) in [6.07, 6.45) is 0. The quantitative estimate of drug-likeness (QED) is 0.294. The second-order valence-corrected chi connectivity index (χ2v) is 4.47.